The van der Waals surface area contributed by atoms with Crippen LogP contribution in [0, 0.1) is 13.8 Å². The second kappa shape index (κ2) is 3.65. The molecule has 0 amide bonds. The van der Waals surface area contributed by atoms with Crippen LogP contribution in [0.1, 0.15) is 29.8 Å². The molecule has 2 aromatic rings. The number of nitrogens with one attached hydrogen (secondary N) is 1. The van der Waals surface area contributed by atoms with Crippen molar-refractivity contribution in [3.8, 4) is 0 Å². The van der Waals surface area contributed by atoms with Crippen molar-refractivity contribution < 1.29 is 0 Å². The highest BCUT2D eigenvalue weighted by atomic mass is 79.9. The third kappa shape index (κ3) is 1.70. The molecule has 0 radical (unpaired) electrons. The molecular weight excluding hydrogens is 252 g/mol. The number of hydrogen-bond acceptors (Lipinski definition) is 1. The minimum absolute atomic E-state index is 0.0625. The fourth-order valence-corrected chi connectivity index (χ4v) is 2.80. The molecule has 1 heterocycles. The van der Waals surface area contributed by atoms with Gasteiger partial charge in [0.05, 0.1) is 5.52 Å². The predicted molar refractivity (Wildman–Crippen MR) is 68.1 cm³/mol. The van der Waals surface area contributed by atoms with Crippen LogP contribution in [0.15, 0.2) is 16.6 Å². The van der Waals surface area contributed by atoms with Gasteiger partial charge in [0.1, 0.15) is 0 Å². The van der Waals surface area contributed by atoms with Crippen LogP contribution in [0.4, 0.5) is 0 Å². The van der Waals surface area contributed by atoms with Crippen LogP contribution < -0.4 is 5.73 Å². The molecule has 0 aliphatic heterocycles. The number of H-pyrrole nitrogens is 1. The summed E-state index contributed by atoms with van der Waals surface area (Å²) in [4.78, 5) is 3.38. The Kier molecular flexibility index (Phi) is 2.61. The summed E-state index contributed by atoms with van der Waals surface area (Å²) >= 11 is 3.57. The number of aromatic nitrogens is 1. The Bertz CT molecular complexity index is 512. The van der Waals surface area contributed by atoms with Gasteiger partial charge in [0.25, 0.3) is 0 Å². The van der Waals surface area contributed by atoms with E-state index in [2.05, 4.69) is 46.9 Å². The number of aryl methyl sites for hydroxylation is 2. The normalized spacial score (nSPS) is 13.4. The van der Waals surface area contributed by atoms with Crippen LogP contribution in [-0.2, 0) is 0 Å². The van der Waals surface area contributed by atoms with Crippen LogP contribution >= 0.6 is 15.9 Å². The minimum atomic E-state index is 0.0625. The van der Waals surface area contributed by atoms with E-state index in [1.165, 1.54) is 16.5 Å². The summed E-state index contributed by atoms with van der Waals surface area (Å²) in [6, 6.07) is 4.36. The van der Waals surface area contributed by atoms with Crippen molar-refractivity contribution in [1.82, 2.24) is 4.98 Å². The highest BCUT2D eigenvalue weighted by molar-refractivity contribution is 9.10. The Hall–Kier alpha value is -0.800. The molecule has 1 aromatic heterocycles. The molecule has 0 spiro atoms. The molecular formula is C12H15BrN2. The Labute approximate surface area is 98.0 Å². The van der Waals surface area contributed by atoms with E-state index < -0.39 is 0 Å². The van der Waals surface area contributed by atoms with E-state index in [1.54, 1.807) is 0 Å². The molecule has 3 heteroatoms. The molecule has 2 nitrogen and oxygen atoms in total. The van der Waals surface area contributed by atoms with Crippen molar-refractivity contribution >= 4 is 26.8 Å². The molecule has 0 aliphatic rings. The van der Waals surface area contributed by atoms with Gasteiger partial charge in [-0.1, -0.05) is 0 Å². The highest BCUT2D eigenvalue weighted by Crippen LogP contribution is 2.32. The Morgan fingerprint density at radius 2 is 2.00 bits per heavy atom. The molecule has 1 aromatic carbocycles. The predicted octanol–water partition coefficient (Wildman–Crippen LogP) is 3.57. The lowest BCUT2D eigenvalue weighted by atomic mass is 10.0. The van der Waals surface area contributed by atoms with Gasteiger partial charge < -0.3 is 10.7 Å². The highest BCUT2D eigenvalue weighted by Gasteiger charge is 2.13. The van der Waals surface area contributed by atoms with Crippen molar-refractivity contribution in [3.63, 3.8) is 0 Å². The first-order chi connectivity index (χ1) is 7.00. The molecule has 2 rings (SSSR count). The first kappa shape index (κ1) is 10.7. The summed E-state index contributed by atoms with van der Waals surface area (Å²) in [6.45, 7) is 6.18. The Morgan fingerprint density at radius 1 is 1.33 bits per heavy atom. The van der Waals surface area contributed by atoms with E-state index in [9.17, 15) is 0 Å². The third-order valence-corrected chi connectivity index (χ3v) is 3.32. The second-order valence-electron chi connectivity index (χ2n) is 4.12. The number of fused-ring (bicyclic) bond motifs is 1. The van der Waals surface area contributed by atoms with Gasteiger partial charge in [0.15, 0.2) is 0 Å². The lowest BCUT2D eigenvalue weighted by Crippen LogP contribution is -2.05. The van der Waals surface area contributed by atoms with Gasteiger partial charge in [-0.15, -0.1) is 0 Å². The molecule has 1 atom stereocenters. The van der Waals surface area contributed by atoms with E-state index >= 15 is 0 Å². The smallest absolute Gasteiger partial charge is 0.0604 e. The molecule has 80 valence electrons. The van der Waals surface area contributed by atoms with Crippen LogP contribution in [0.3, 0.4) is 0 Å². The first-order valence-corrected chi connectivity index (χ1v) is 5.84. The maximum Gasteiger partial charge on any atom is 0.0604 e. The summed E-state index contributed by atoms with van der Waals surface area (Å²) in [5, 5.41) is 1.23. The zero-order chi connectivity index (χ0) is 11.2. The number of nitrogens with two attached hydrogens (primary N) is 1. The molecule has 0 bridgehead atoms. The van der Waals surface area contributed by atoms with E-state index in [-0.39, 0.29) is 6.04 Å². The lowest BCUT2D eigenvalue weighted by molar-refractivity contribution is 0.816. The summed E-state index contributed by atoms with van der Waals surface area (Å²) in [5.41, 5.74) is 10.8. The maximum atomic E-state index is 5.99. The zero-order valence-corrected chi connectivity index (χ0v) is 10.8. The van der Waals surface area contributed by atoms with Gasteiger partial charge in [-0.2, -0.15) is 0 Å². The van der Waals surface area contributed by atoms with Crippen molar-refractivity contribution in [2.24, 2.45) is 5.73 Å². The van der Waals surface area contributed by atoms with Gasteiger partial charge in [-0.05, 0) is 60.0 Å². The van der Waals surface area contributed by atoms with Crippen molar-refractivity contribution in [3.05, 3.63) is 33.4 Å². The standard InChI is InChI=1S/C12H15BrN2/c1-6-4-9-11(7(2)14)8(3)15-12(9)10(13)5-6/h4-5,7,15H,14H2,1-3H3. The fourth-order valence-electron chi connectivity index (χ4n) is 2.13. The molecule has 0 saturated heterocycles. The molecule has 15 heavy (non-hydrogen) atoms. The first-order valence-electron chi connectivity index (χ1n) is 5.04. The largest absolute Gasteiger partial charge is 0.357 e. The second-order valence-corrected chi connectivity index (χ2v) is 4.98. The minimum Gasteiger partial charge on any atom is -0.357 e. The average Bonchev–Trinajstić information content (AvgIpc) is 2.41. The summed E-state index contributed by atoms with van der Waals surface area (Å²) in [7, 11) is 0. The number of rotatable bonds is 1. The van der Waals surface area contributed by atoms with Crippen molar-refractivity contribution in [1.29, 1.82) is 0 Å². The van der Waals surface area contributed by atoms with E-state index in [0.29, 0.717) is 0 Å². The topological polar surface area (TPSA) is 41.8 Å². The molecule has 3 N–H and O–H groups in total. The summed E-state index contributed by atoms with van der Waals surface area (Å²) in [5.74, 6) is 0. The van der Waals surface area contributed by atoms with Gasteiger partial charge in [0.2, 0.25) is 0 Å². The Morgan fingerprint density at radius 3 is 2.60 bits per heavy atom. The Balaban J connectivity index is 2.86. The van der Waals surface area contributed by atoms with E-state index in [1.807, 2.05) is 6.92 Å². The van der Waals surface area contributed by atoms with E-state index in [0.717, 1.165) is 15.7 Å². The van der Waals surface area contributed by atoms with Crippen LogP contribution in [0.25, 0.3) is 10.9 Å². The molecule has 0 fully saturated rings. The fraction of sp³-hybridized carbons (Fsp3) is 0.333. The van der Waals surface area contributed by atoms with Gasteiger partial charge >= 0.3 is 0 Å². The SMILES string of the molecule is Cc1cc(Br)c2[nH]c(C)c(C(C)N)c2c1. The number of benzene rings is 1. The average molecular weight is 267 g/mol. The van der Waals surface area contributed by atoms with Crippen LogP contribution in [0.5, 0.6) is 0 Å². The lowest BCUT2D eigenvalue weighted by Gasteiger charge is -2.05. The molecule has 0 aliphatic carbocycles. The zero-order valence-electron chi connectivity index (χ0n) is 9.19. The number of aromatic amines is 1. The van der Waals surface area contributed by atoms with Gasteiger partial charge in [-0.25, -0.2) is 0 Å². The summed E-state index contributed by atoms with van der Waals surface area (Å²) < 4.78 is 1.10. The van der Waals surface area contributed by atoms with E-state index in [4.69, 9.17) is 5.73 Å². The quantitative estimate of drug-likeness (QED) is 0.814. The van der Waals surface area contributed by atoms with Gasteiger partial charge in [0, 0.05) is 21.6 Å². The molecule has 1 unspecified atom stereocenters. The van der Waals surface area contributed by atoms with Crippen molar-refractivity contribution in [2.75, 3.05) is 0 Å². The van der Waals surface area contributed by atoms with Crippen LogP contribution in [-0.4, -0.2) is 4.98 Å². The summed E-state index contributed by atoms with van der Waals surface area (Å²) in [6.07, 6.45) is 0. The third-order valence-electron chi connectivity index (χ3n) is 2.70. The van der Waals surface area contributed by atoms with Gasteiger partial charge in [-0.3, -0.25) is 0 Å². The number of halogens is 1. The monoisotopic (exact) mass is 266 g/mol. The molecule has 0 saturated carbocycles. The van der Waals surface area contributed by atoms with Crippen molar-refractivity contribution in [2.45, 2.75) is 26.8 Å². The maximum absolute atomic E-state index is 5.99. The van der Waals surface area contributed by atoms with Crippen LogP contribution in [0.2, 0.25) is 0 Å². The number of hydrogen-bond donors (Lipinski definition) is 2.